The van der Waals surface area contributed by atoms with Gasteiger partial charge in [0.05, 0.1) is 18.7 Å². The first-order chi connectivity index (χ1) is 10.3. The van der Waals surface area contributed by atoms with Gasteiger partial charge in [-0.05, 0) is 25.1 Å². The van der Waals surface area contributed by atoms with Crippen molar-refractivity contribution in [2.45, 2.75) is 19.1 Å². The maximum Gasteiger partial charge on any atom is 0.416 e. The lowest BCUT2D eigenvalue weighted by Gasteiger charge is -2.28. The van der Waals surface area contributed by atoms with E-state index in [4.69, 9.17) is 0 Å². The van der Waals surface area contributed by atoms with Gasteiger partial charge in [-0.2, -0.15) is 13.2 Å². The van der Waals surface area contributed by atoms with Crippen LogP contribution < -0.4 is 15.5 Å². The van der Waals surface area contributed by atoms with Crippen molar-refractivity contribution >= 4 is 17.5 Å². The van der Waals surface area contributed by atoms with Crippen molar-refractivity contribution in [2.24, 2.45) is 0 Å². The third-order valence-electron chi connectivity index (χ3n) is 3.62. The first-order valence-corrected chi connectivity index (χ1v) is 6.87. The van der Waals surface area contributed by atoms with Crippen LogP contribution in [0.4, 0.5) is 18.9 Å². The van der Waals surface area contributed by atoms with Crippen molar-refractivity contribution < 1.29 is 27.7 Å². The SMILES string of the molecule is C[C@H](C(=O)Nc1cccc(C(F)(F)F)c1)[NH+]1CCNC(=O)C1. The topological polar surface area (TPSA) is 62.6 Å². The first-order valence-electron chi connectivity index (χ1n) is 6.87. The summed E-state index contributed by atoms with van der Waals surface area (Å²) in [5, 5.41) is 5.14. The van der Waals surface area contributed by atoms with Crippen molar-refractivity contribution in [3.8, 4) is 0 Å². The van der Waals surface area contributed by atoms with Gasteiger partial charge < -0.3 is 15.5 Å². The summed E-state index contributed by atoms with van der Waals surface area (Å²) in [6.45, 7) is 2.91. The molecular weight excluding hydrogens is 299 g/mol. The molecule has 1 aromatic carbocycles. The molecule has 0 aliphatic carbocycles. The summed E-state index contributed by atoms with van der Waals surface area (Å²) < 4.78 is 37.9. The Balaban J connectivity index is 2.03. The summed E-state index contributed by atoms with van der Waals surface area (Å²) in [4.78, 5) is 24.2. The molecule has 120 valence electrons. The maximum absolute atomic E-state index is 12.6. The number of nitrogens with one attached hydrogen (secondary N) is 3. The van der Waals surface area contributed by atoms with Gasteiger partial charge in [-0.15, -0.1) is 0 Å². The summed E-state index contributed by atoms with van der Waals surface area (Å²) in [5.41, 5.74) is -0.727. The average Bonchev–Trinajstić information content (AvgIpc) is 2.46. The van der Waals surface area contributed by atoms with Gasteiger partial charge in [0.15, 0.2) is 12.6 Å². The molecule has 3 N–H and O–H groups in total. The number of amides is 2. The Labute approximate surface area is 125 Å². The minimum atomic E-state index is -4.46. The van der Waals surface area contributed by atoms with E-state index in [0.717, 1.165) is 17.0 Å². The Hall–Kier alpha value is -2.09. The number of hydrogen-bond acceptors (Lipinski definition) is 2. The highest BCUT2D eigenvalue weighted by atomic mass is 19.4. The highest BCUT2D eigenvalue weighted by molar-refractivity contribution is 5.93. The number of carbonyl (C=O) groups excluding carboxylic acids is 2. The molecule has 2 atom stereocenters. The van der Waals surface area contributed by atoms with Crippen LogP contribution in [0, 0.1) is 0 Å². The van der Waals surface area contributed by atoms with Crippen molar-refractivity contribution in [3.63, 3.8) is 0 Å². The molecular formula is C14H17F3N3O2+. The lowest BCUT2D eigenvalue weighted by molar-refractivity contribution is -0.907. The molecule has 1 heterocycles. The fourth-order valence-corrected chi connectivity index (χ4v) is 2.30. The average molecular weight is 316 g/mol. The fraction of sp³-hybridized carbons (Fsp3) is 0.429. The number of alkyl halides is 3. The third kappa shape index (κ3) is 3.97. The molecule has 1 aliphatic rings. The van der Waals surface area contributed by atoms with Crippen LogP contribution in [-0.4, -0.2) is 37.5 Å². The van der Waals surface area contributed by atoms with Crippen molar-refractivity contribution in [3.05, 3.63) is 29.8 Å². The fourth-order valence-electron chi connectivity index (χ4n) is 2.30. The Kier molecular flexibility index (Phi) is 4.70. The minimum Gasteiger partial charge on any atom is -0.346 e. The molecule has 22 heavy (non-hydrogen) atoms. The number of anilines is 1. The van der Waals surface area contributed by atoms with Gasteiger partial charge in [0, 0.05) is 5.69 Å². The number of quaternary nitrogens is 1. The number of piperazine rings is 1. The van der Waals surface area contributed by atoms with Gasteiger partial charge in [0.25, 0.3) is 11.8 Å². The van der Waals surface area contributed by atoms with E-state index in [9.17, 15) is 22.8 Å². The molecule has 0 bridgehead atoms. The van der Waals surface area contributed by atoms with Crippen molar-refractivity contribution in [1.29, 1.82) is 0 Å². The summed E-state index contributed by atoms with van der Waals surface area (Å²) in [7, 11) is 0. The molecule has 0 radical (unpaired) electrons. The summed E-state index contributed by atoms with van der Waals surface area (Å²) in [5.74, 6) is -0.552. The van der Waals surface area contributed by atoms with Gasteiger partial charge in [-0.1, -0.05) is 6.07 Å². The molecule has 8 heteroatoms. The third-order valence-corrected chi connectivity index (χ3v) is 3.62. The first kappa shape index (κ1) is 16.3. The summed E-state index contributed by atoms with van der Waals surface area (Å²) in [6, 6.07) is 3.95. The Morgan fingerprint density at radius 3 is 2.77 bits per heavy atom. The summed E-state index contributed by atoms with van der Waals surface area (Å²) in [6.07, 6.45) is -4.46. The molecule has 0 spiro atoms. The number of halogens is 3. The standard InChI is InChI=1S/C14H16F3N3O2/c1-9(20-6-5-18-12(21)8-20)13(22)19-11-4-2-3-10(7-11)14(15,16)17/h2-4,7,9H,5-6,8H2,1H3,(H,18,21)(H,19,22)/p+1/t9-/m1/s1. The van der Waals surface area contributed by atoms with Crippen molar-refractivity contribution in [1.82, 2.24) is 5.32 Å². The predicted octanol–water partition coefficient (Wildman–Crippen LogP) is 0.0471. The molecule has 1 fully saturated rings. The Morgan fingerprint density at radius 1 is 1.41 bits per heavy atom. The van der Waals surface area contributed by atoms with E-state index in [1.807, 2.05) is 0 Å². The van der Waals surface area contributed by atoms with E-state index in [1.54, 1.807) is 6.92 Å². The van der Waals surface area contributed by atoms with Crippen LogP contribution in [0.15, 0.2) is 24.3 Å². The highest BCUT2D eigenvalue weighted by Gasteiger charge is 2.32. The maximum atomic E-state index is 12.6. The molecule has 2 rings (SSSR count). The summed E-state index contributed by atoms with van der Waals surface area (Å²) >= 11 is 0. The second-order valence-electron chi connectivity index (χ2n) is 5.22. The number of rotatable bonds is 3. The Morgan fingerprint density at radius 2 is 2.14 bits per heavy atom. The molecule has 2 amide bonds. The van der Waals surface area contributed by atoms with Gasteiger partial charge in [-0.3, -0.25) is 9.59 Å². The van der Waals surface area contributed by atoms with Gasteiger partial charge >= 0.3 is 6.18 Å². The second kappa shape index (κ2) is 6.35. The molecule has 0 aromatic heterocycles. The number of benzene rings is 1. The smallest absolute Gasteiger partial charge is 0.346 e. The van der Waals surface area contributed by atoms with Gasteiger partial charge in [0.2, 0.25) is 0 Å². The second-order valence-corrected chi connectivity index (χ2v) is 5.22. The molecule has 1 aliphatic heterocycles. The van der Waals surface area contributed by atoms with E-state index >= 15 is 0 Å². The minimum absolute atomic E-state index is 0.0903. The van der Waals surface area contributed by atoms with Gasteiger partial charge in [0.1, 0.15) is 0 Å². The van der Waals surface area contributed by atoms with E-state index in [2.05, 4.69) is 10.6 Å². The van der Waals surface area contributed by atoms with E-state index in [-0.39, 0.29) is 18.1 Å². The van der Waals surface area contributed by atoms with Crippen molar-refractivity contribution in [2.75, 3.05) is 25.0 Å². The zero-order valence-corrected chi connectivity index (χ0v) is 12.0. The van der Waals surface area contributed by atoms with Crippen LogP contribution in [0.3, 0.4) is 0 Å². The zero-order chi connectivity index (χ0) is 16.3. The van der Waals surface area contributed by atoms with E-state index in [1.165, 1.54) is 12.1 Å². The zero-order valence-electron chi connectivity index (χ0n) is 12.0. The normalized spacial score (nSPS) is 20.2. The number of carbonyl (C=O) groups is 2. The van der Waals surface area contributed by atoms with Crippen LogP contribution >= 0.6 is 0 Å². The quantitative estimate of drug-likeness (QED) is 0.738. The van der Waals surface area contributed by atoms with Gasteiger partial charge in [-0.25, -0.2) is 0 Å². The molecule has 1 saturated heterocycles. The van der Waals surface area contributed by atoms with Crippen LogP contribution in [0.1, 0.15) is 12.5 Å². The van der Waals surface area contributed by atoms with E-state index in [0.29, 0.717) is 13.1 Å². The largest absolute Gasteiger partial charge is 0.416 e. The van der Waals surface area contributed by atoms with E-state index < -0.39 is 23.7 Å². The monoisotopic (exact) mass is 316 g/mol. The lowest BCUT2D eigenvalue weighted by Crippen LogP contribution is -3.19. The van der Waals surface area contributed by atoms with Crippen LogP contribution in [-0.2, 0) is 15.8 Å². The van der Waals surface area contributed by atoms with Crippen LogP contribution in [0.25, 0.3) is 0 Å². The molecule has 5 nitrogen and oxygen atoms in total. The molecule has 1 aromatic rings. The highest BCUT2D eigenvalue weighted by Crippen LogP contribution is 2.30. The predicted molar refractivity (Wildman–Crippen MR) is 73.2 cm³/mol. The molecule has 1 unspecified atom stereocenters. The number of hydrogen-bond donors (Lipinski definition) is 3. The Bertz CT molecular complexity index is 575. The van der Waals surface area contributed by atoms with Crippen LogP contribution in [0.2, 0.25) is 0 Å². The lowest BCUT2D eigenvalue weighted by atomic mass is 10.1. The molecule has 0 saturated carbocycles. The van der Waals surface area contributed by atoms with Crippen LogP contribution in [0.5, 0.6) is 0 Å².